The van der Waals surface area contributed by atoms with Crippen LogP contribution < -0.4 is 15.5 Å². The second-order valence-electron chi connectivity index (χ2n) is 4.85. The number of hydrogen-bond acceptors (Lipinski definition) is 3. The van der Waals surface area contributed by atoms with E-state index in [1.54, 1.807) is 0 Å². The molecule has 6 nitrogen and oxygen atoms in total. The Bertz CT molecular complexity index is 276. The fourth-order valence-corrected chi connectivity index (χ4v) is 1.86. The topological polar surface area (TPSA) is 71.9 Å². The first-order valence-electron chi connectivity index (χ1n) is 6.59. The van der Waals surface area contributed by atoms with Gasteiger partial charge in [-0.1, -0.05) is 0 Å². The Balaban J connectivity index is 2.06. The number of amides is 2. The molecule has 0 radical (unpaired) electrons. The summed E-state index contributed by atoms with van der Waals surface area (Å²) in [7, 11) is 0. The Hall–Kier alpha value is -1.14. The average molecular weight is 258 g/mol. The Kier molecular flexibility index (Phi) is 6.67. The van der Waals surface area contributed by atoms with Crippen LogP contribution >= 0.6 is 0 Å². The molecular weight excluding hydrogens is 234 g/mol. The zero-order valence-corrected chi connectivity index (χ0v) is 11.3. The molecule has 1 rings (SSSR count). The lowest BCUT2D eigenvalue weighted by atomic mass is 10.3. The first-order valence-corrected chi connectivity index (χ1v) is 6.59. The van der Waals surface area contributed by atoms with Crippen LogP contribution in [-0.2, 0) is 14.3 Å². The molecule has 0 unspecified atom stereocenters. The molecule has 6 heteroatoms. The van der Waals surface area contributed by atoms with Crippen LogP contribution in [0.2, 0.25) is 0 Å². The molecule has 0 bridgehead atoms. The Morgan fingerprint density at radius 1 is 1.22 bits per heavy atom. The third kappa shape index (κ3) is 5.97. The molecule has 1 aliphatic heterocycles. The smallest absolute Gasteiger partial charge is 0.309 e. The van der Waals surface area contributed by atoms with E-state index in [2.05, 4.69) is 10.6 Å². The molecule has 1 heterocycles. The van der Waals surface area contributed by atoms with Crippen LogP contribution in [0.3, 0.4) is 0 Å². The highest BCUT2D eigenvalue weighted by Gasteiger charge is 2.15. The van der Waals surface area contributed by atoms with Crippen molar-refractivity contribution in [2.75, 3.05) is 39.4 Å². The van der Waals surface area contributed by atoms with Crippen LogP contribution in [0.5, 0.6) is 0 Å². The predicted molar refractivity (Wildman–Crippen MR) is 67.3 cm³/mol. The molecule has 1 saturated heterocycles. The van der Waals surface area contributed by atoms with E-state index in [9.17, 15) is 9.59 Å². The minimum Gasteiger partial charge on any atom is -0.370 e. The van der Waals surface area contributed by atoms with Gasteiger partial charge in [-0.3, -0.25) is 9.59 Å². The van der Waals surface area contributed by atoms with Gasteiger partial charge in [0.15, 0.2) is 0 Å². The van der Waals surface area contributed by atoms with Gasteiger partial charge in [0.05, 0.1) is 19.8 Å². The third-order valence-electron chi connectivity index (χ3n) is 2.82. The normalized spacial score (nSPS) is 16.6. The summed E-state index contributed by atoms with van der Waals surface area (Å²) in [6.07, 6.45) is 0.885. The van der Waals surface area contributed by atoms with Gasteiger partial charge in [-0.15, -0.1) is 0 Å². The van der Waals surface area contributed by atoms with Crippen LogP contribution in [0, 0.1) is 0 Å². The van der Waals surface area contributed by atoms with Crippen molar-refractivity contribution in [1.82, 2.24) is 10.6 Å². The van der Waals surface area contributed by atoms with Gasteiger partial charge in [-0.25, -0.2) is 0 Å². The van der Waals surface area contributed by atoms with Crippen LogP contribution in [0.25, 0.3) is 0 Å². The number of morpholine rings is 1. The molecule has 2 amide bonds. The van der Waals surface area contributed by atoms with Gasteiger partial charge >= 0.3 is 11.8 Å². The summed E-state index contributed by atoms with van der Waals surface area (Å²) in [5.74, 6) is -1.09. The van der Waals surface area contributed by atoms with Gasteiger partial charge in [-0.2, -0.15) is 0 Å². The molecule has 1 aliphatic rings. The van der Waals surface area contributed by atoms with Crippen molar-refractivity contribution in [1.29, 1.82) is 0 Å². The van der Waals surface area contributed by atoms with Crippen molar-refractivity contribution < 1.29 is 19.2 Å². The summed E-state index contributed by atoms with van der Waals surface area (Å²) in [5.41, 5.74) is 0. The summed E-state index contributed by atoms with van der Waals surface area (Å²) in [4.78, 5) is 24.2. The first-order chi connectivity index (χ1) is 8.59. The molecule has 0 saturated carbocycles. The van der Waals surface area contributed by atoms with Crippen LogP contribution in [0.15, 0.2) is 0 Å². The summed E-state index contributed by atoms with van der Waals surface area (Å²) < 4.78 is 5.27. The molecule has 18 heavy (non-hydrogen) atoms. The predicted octanol–water partition coefficient (Wildman–Crippen LogP) is -2.07. The summed E-state index contributed by atoms with van der Waals surface area (Å²) in [6, 6.07) is -0.0129. The van der Waals surface area contributed by atoms with Crippen molar-refractivity contribution in [3.63, 3.8) is 0 Å². The number of nitrogens with one attached hydrogen (secondary N) is 3. The van der Waals surface area contributed by atoms with Crippen LogP contribution in [-0.4, -0.2) is 57.2 Å². The first kappa shape index (κ1) is 14.9. The van der Waals surface area contributed by atoms with Crippen molar-refractivity contribution in [2.45, 2.75) is 26.3 Å². The molecule has 0 spiro atoms. The zero-order chi connectivity index (χ0) is 13.4. The lowest BCUT2D eigenvalue weighted by molar-refractivity contribution is -0.908. The summed E-state index contributed by atoms with van der Waals surface area (Å²) in [5, 5.41) is 5.19. The van der Waals surface area contributed by atoms with Gasteiger partial charge in [-0.05, 0) is 13.8 Å². The largest absolute Gasteiger partial charge is 0.370 e. The van der Waals surface area contributed by atoms with Gasteiger partial charge in [0.25, 0.3) is 0 Å². The number of quaternary nitrogens is 1. The molecule has 3 N–H and O–H groups in total. The SMILES string of the molecule is CC(C)NC(=O)C(=O)NCCC[NH+]1CCOCC1. The van der Waals surface area contributed by atoms with Crippen molar-refractivity contribution in [3.05, 3.63) is 0 Å². The molecule has 0 aromatic carbocycles. The second-order valence-corrected chi connectivity index (χ2v) is 4.85. The minimum absolute atomic E-state index is 0.0129. The maximum Gasteiger partial charge on any atom is 0.309 e. The fraction of sp³-hybridized carbons (Fsp3) is 0.833. The van der Waals surface area contributed by atoms with Crippen molar-refractivity contribution >= 4 is 11.8 Å². The van der Waals surface area contributed by atoms with E-state index in [4.69, 9.17) is 4.74 Å². The fourth-order valence-electron chi connectivity index (χ4n) is 1.86. The van der Waals surface area contributed by atoms with Gasteiger partial charge in [0.1, 0.15) is 13.1 Å². The number of carbonyl (C=O) groups excluding carboxylic acids is 2. The van der Waals surface area contributed by atoms with Gasteiger partial charge < -0.3 is 20.3 Å². The van der Waals surface area contributed by atoms with Crippen molar-refractivity contribution in [3.8, 4) is 0 Å². The summed E-state index contributed by atoms with van der Waals surface area (Å²) >= 11 is 0. The highest BCUT2D eigenvalue weighted by atomic mass is 16.5. The van der Waals surface area contributed by atoms with Crippen molar-refractivity contribution in [2.24, 2.45) is 0 Å². The Morgan fingerprint density at radius 3 is 2.50 bits per heavy atom. The maximum absolute atomic E-state index is 11.4. The van der Waals surface area contributed by atoms with E-state index in [0.29, 0.717) is 6.54 Å². The number of hydrogen-bond donors (Lipinski definition) is 3. The molecule has 104 valence electrons. The van der Waals surface area contributed by atoms with E-state index in [1.807, 2.05) is 13.8 Å². The minimum atomic E-state index is -0.552. The number of carbonyl (C=O) groups is 2. The monoisotopic (exact) mass is 258 g/mol. The third-order valence-corrected chi connectivity index (χ3v) is 2.82. The highest BCUT2D eigenvalue weighted by molar-refractivity contribution is 6.35. The van der Waals surface area contributed by atoms with E-state index in [-0.39, 0.29) is 6.04 Å². The standard InChI is InChI=1S/C12H23N3O3/c1-10(2)14-12(17)11(16)13-4-3-5-15-6-8-18-9-7-15/h10H,3-9H2,1-2H3,(H,13,16)(H,14,17)/p+1. The molecular formula is C12H24N3O3+. The highest BCUT2D eigenvalue weighted by Crippen LogP contribution is 1.80. The molecule has 1 fully saturated rings. The van der Waals surface area contributed by atoms with E-state index >= 15 is 0 Å². The van der Waals surface area contributed by atoms with Gasteiger partial charge in [0, 0.05) is 19.0 Å². The maximum atomic E-state index is 11.4. The average Bonchev–Trinajstić information content (AvgIpc) is 2.34. The summed E-state index contributed by atoms with van der Waals surface area (Å²) in [6.45, 7) is 8.91. The van der Waals surface area contributed by atoms with E-state index in [1.165, 1.54) is 4.90 Å². The van der Waals surface area contributed by atoms with Crippen LogP contribution in [0.1, 0.15) is 20.3 Å². The van der Waals surface area contributed by atoms with E-state index in [0.717, 1.165) is 39.3 Å². The Labute approximate surface area is 108 Å². The zero-order valence-electron chi connectivity index (χ0n) is 11.3. The Morgan fingerprint density at radius 2 is 1.89 bits per heavy atom. The van der Waals surface area contributed by atoms with Gasteiger partial charge in [0.2, 0.25) is 0 Å². The lowest BCUT2D eigenvalue weighted by Gasteiger charge is -2.23. The molecule has 0 aromatic heterocycles. The lowest BCUT2D eigenvalue weighted by Crippen LogP contribution is -3.14. The number of ether oxygens (including phenoxy) is 1. The van der Waals surface area contributed by atoms with E-state index < -0.39 is 11.8 Å². The molecule has 0 atom stereocenters. The number of rotatable bonds is 5. The quantitative estimate of drug-likeness (QED) is 0.392. The molecule has 0 aromatic rings. The van der Waals surface area contributed by atoms with Crippen LogP contribution in [0.4, 0.5) is 0 Å². The molecule has 0 aliphatic carbocycles. The second kappa shape index (κ2) is 8.05.